The molecule has 10 heteroatoms. The van der Waals surface area contributed by atoms with Crippen LogP contribution in [0.4, 0.5) is 4.39 Å². The minimum atomic E-state index is -1.74. The molecule has 3 N–H and O–H groups in total. The number of imidazole rings is 1. The Labute approximate surface area is 237 Å². The third-order valence-electron chi connectivity index (χ3n) is 7.51. The van der Waals surface area contributed by atoms with Crippen molar-refractivity contribution in [3.05, 3.63) is 107 Å². The summed E-state index contributed by atoms with van der Waals surface area (Å²) in [6, 6.07) is 12.6. The zero-order valence-electron chi connectivity index (χ0n) is 23.0. The lowest BCUT2D eigenvalue weighted by Gasteiger charge is -2.47. The molecule has 0 saturated heterocycles. The quantitative estimate of drug-likeness (QED) is 0.246. The maximum absolute atomic E-state index is 15.1. The van der Waals surface area contributed by atoms with Crippen LogP contribution in [0.2, 0.25) is 0 Å². The molecule has 1 aliphatic rings. The van der Waals surface area contributed by atoms with E-state index in [4.69, 9.17) is 9.47 Å². The molecule has 0 saturated carbocycles. The lowest BCUT2D eigenvalue weighted by Crippen LogP contribution is -2.57. The zero-order valence-corrected chi connectivity index (χ0v) is 23.0. The van der Waals surface area contributed by atoms with E-state index in [-0.39, 0.29) is 24.2 Å². The second kappa shape index (κ2) is 12.6. The Morgan fingerprint density at radius 2 is 1.88 bits per heavy atom. The Balaban J connectivity index is 1.52. The Morgan fingerprint density at radius 1 is 1.15 bits per heavy atom. The Hall–Kier alpha value is -4.73. The molecule has 0 aliphatic carbocycles. The normalized spacial score (nSPS) is 20.5. The Kier molecular flexibility index (Phi) is 9.01. The van der Waals surface area contributed by atoms with Crippen molar-refractivity contribution in [1.82, 2.24) is 15.3 Å². The first-order valence-electron chi connectivity index (χ1n) is 13.1. The summed E-state index contributed by atoms with van der Waals surface area (Å²) in [4.78, 5) is 45.6. The molecule has 9 nitrogen and oxygen atoms in total. The molecule has 2 aromatic carbocycles. The van der Waals surface area contributed by atoms with Crippen molar-refractivity contribution in [2.75, 3.05) is 13.7 Å². The minimum Gasteiger partial charge on any atom is -0.481 e. The summed E-state index contributed by atoms with van der Waals surface area (Å²) in [5, 5.41) is 13.6. The standard InChI is InChI=1S/C31H32FN3O6/c1-19-27(29(37)40-3)28(23-6-4-5-7-24(23)32)31(30(38)39,20(2)35-19)14-17-41-26(36)13-12-21-8-10-22(11-9-21)18-25-33-15-16-34-25/h4-13,15-16,20,28,35H,14,17-18H2,1-3H3,(H,33,34)(H,38,39). The van der Waals surface area contributed by atoms with Crippen molar-refractivity contribution in [3.63, 3.8) is 0 Å². The van der Waals surface area contributed by atoms with Crippen molar-refractivity contribution in [1.29, 1.82) is 0 Å². The van der Waals surface area contributed by atoms with Gasteiger partial charge in [-0.3, -0.25) is 4.79 Å². The summed E-state index contributed by atoms with van der Waals surface area (Å²) in [5.74, 6) is -3.69. The number of aliphatic carboxylic acids is 1. The number of rotatable bonds is 10. The van der Waals surface area contributed by atoms with Crippen LogP contribution in [0, 0.1) is 11.2 Å². The van der Waals surface area contributed by atoms with Gasteiger partial charge in [0.2, 0.25) is 0 Å². The highest BCUT2D eigenvalue weighted by Crippen LogP contribution is 2.51. The molecular weight excluding hydrogens is 529 g/mol. The van der Waals surface area contributed by atoms with Crippen LogP contribution in [-0.4, -0.2) is 52.7 Å². The number of aromatic nitrogens is 2. The number of carbonyl (C=O) groups is 3. The molecule has 4 rings (SSSR count). The van der Waals surface area contributed by atoms with Crippen LogP contribution in [0.3, 0.4) is 0 Å². The van der Waals surface area contributed by atoms with Crippen molar-refractivity contribution < 1.29 is 33.4 Å². The molecule has 0 radical (unpaired) electrons. The van der Waals surface area contributed by atoms with E-state index < -0.39 is 41.1 Å². The third-order valence-corrected chi connectivity index (χ3v) is 7.51. The number of nitrogens with zero attached hydrogens (tertiary/aromatic N) is 1. The summed E-state index contributed by atoms with van der Waals surface area (Å²) in [6.07, 6.45) is 6.77. The van der Waals surface area contributed by atoms with Gasteiger partial charge in [0.25, 0.3) is 0 Å². The number of esters is 2. The van der Waals surface area contributed by atoms with Crippen molar-refractivity contribution in [3.8, 4) is 0 Å². The summed E-state index contributed by atoms with van der Waals surface area (Å²) >= 11 is 0. The predicted molar refractivity (Wildman–Crippen MR) is 149 cm³/mol. The van der Waals surface area contributed by atoms with Crippen LogP contribution >= 0.6 is 0 Å². The van der Waals surface area contributed by atoms with Gasteiger partial charge >= 0.3 is 17.9 Å². The molecule has 3 aromatic rings. The van der Waals surface area contributed by atoms with E-state index in [2.05, 4.69) is 15.3 Å². The maximum Gasteiger partial charge on any atom is 0.336 e. The highest BCUT2D eigenvalue weighted by atomic mass is 19.1. The van der Waals surface area contributed by atoms with Crippen LogP contribution in [0.25, 0.3) is 6.08 Å². The summed E-state index contributed by atoms with van der Waals surface area (Å²) in [5.41, 5.74) is 0.544. The number of carboxylic acid groups (broad SMARTS) is 1. The molecule has 41 heavy (non-hydrogen) atoms. The second-order valence-electron chi connectivity index (χ2n) is 9.90. The lowest BCUT2D eigenvalue weighted by atomic mass is 9.60. The average Bonchev–Trinajstić information content (AvgIpc) is 3.46. The third kappa shape index (κ3) is 6.21. The second-order valence-corrected chi connectivity index (χ2v) is 9.90. The van der Waals surface area contributed by atoms with Crippen molar-refractivity contribution >= 4 is 24.0 Å². The van der Waals surface area contributed by atoms with Crippen molar-refractivity contribution in [2.45, 2.75) is 38.6 Å². The number of benzene rings is 2. The van der Waals surface area contributed by atoms with Crippen molar-refractivity contribution in [2.24, 2.45) is 5.41 Å². The largest absolute Gasteiger partial charge is 0.481 e. The summed E-state index contributed by atoms with van der Waals surface area (Å²) in [6.45, 7) is 3.00. The topological polar surface area (TPSA) is 131 Å². The molecule has 3 atom stereocenters. The van der Waals surface area contributed by atoms with Gasteiger partial charge in [-0.15, -0.1) is 0 Å². The molecule has 0 amide bonds. The van der Waals surface area contributed by atoms with E-state index in [1.165, 1.54) is 31.4 Å². The van der Waals surface area contributed by atoms with E-state index in [0.29, 0.717) is 12.1 Å². The fourth-order valence-electron chi connectivity index (χ4n) is 5.42. The van der Waals surface area contributed by atoms with Crippen LogP contribution in [-0.2, 0) is 30.3 Å². The molecule has 0 spiro atoms. The van der Waals surface area contributed by atoms with E-state index in [1.807, 2.05) is 24.3 Å². The molecule has 1 aliphatic heterocycles. The van der Waals surface area contributed by atoms with Gasteiger partial charge in [-0.05, 0) is 42.7 Å². The number of ether oxygens (including phenoxy) is 2. The fourth-order valence-corrected chi connectivity index (χ4v) is 5.42. The van der Waals surface area contributed by atoms with Gasteiger partial charge in [0.1, 0.15) is 17.1 Å². The SMILES string of the molecule is COC(=O)C1=C(C)NC(C)C(CCOC(=O)C=Cc2ccc(Cc3ncc[nH]3)cc2)(C(=O)O)C1c1ccccc1F. The number of allylic oxidation sites excluding steroid dienone is 1. The average molecular weight is 562 g/mol. The number of carboxylic acids is 1. The number of nitrogens with one attached hydrogen (secondary N) is 2. The zero-order chi connectivity index (χ0) is 29.6. The van der Waals surface area contributed by atoms with Gasteiger partial charge in [-0.1, -0.05) is 42.5 Å². The van der Waals surface area contributed by atoms with Gasteiger partial charge in [-0.25, -0.2) is 19.0 Å². The number of aromatic amines is 1. The van der Waals surface area contributed by atoms with E-state index in [1.54, 1.807) is 38.4 Å². The van der Waals surface area contributed by atoms with E-state index in [9.17, 15) is 19.5 Å². The smallest absolute Gasteiger partial charge is 0.336 e. The fraction of sp³-hybridized carbons (Fsp3) is 0.290. The van der Waals surface area contributed by atoms with Gasteiger partial charge in [0.05, 0.1) is 19.3 Å². The minimum absolute atomic E-state index is 0.0137. The highest BCUT2D eigenvalue weighted by Gasteiger charge is 2.57. The van der Waals surface area contributed by atoms with Gasteiger partial charge < -0.3 is 24.9 Å². The predicted octanol–water partition coefficient (Wildman–Crippen LogP) is 4.38. The first-order valence-corrected chi connectivity index (χ1v) is 13.1. The number of hydrogen-bond donors (Lipinski definition) is 3. The molecular formula is C31H32FN3O6. The van der Waals surface area contributed by atoms with Crippen LogP contribution in [0.15, 0.2) is 78.3 Å². The van der Waals surface area contributed by atoms with Gasteiger partial charge in [0.15, 0.2) is 0 Å². The molecule has 2 heterocycles. The van der Waals surface area contributed by atoms with Gasteiger partial charge in [-0.2, -0.15) is 0 Å². The highest BCUT2D eigenvalue weighted by molar-refractivity contribution is 5.94. The first kappa shape index (κ1) is 29.3. The summed E-state index contributed by atoms with van der Waals surface area (Å²) in [7, 11) is 1.18. The number of carbonyl (C=O) groups excluding carboxylic acids is 2. The number of hydrogen-bond acceptors (Lipinski definition) is 7. The first-order chi connectivity index (χ1) is 19.7. The molecule has 214 valence electrons. The Bertz CT molecular complexity index is 1470. The monoisotopic (exact) mass is 561 g/mol. The van der Waals surface area contributed by atoms with Gasteiger partial charge in [0, 0.05) is 49.0 Å². The molecule has 0 bridgehead atoms. The Morgan fingerprint density at radius 3 is 2.51 bits per heavy atom. The number of H-pyrrole nitrogens is 1. The summed E-state index contributed by atoms with van der Waals surface area (Å²) < 4.78 is 25.5. The molecule has 1 aromatic heterocycles. The molecule has 3 unspecified atom stereocenters. The maximum atomic E-state index is 15.1. The lowest BCUT2D eigenvalue weighted by molar-refractivity contribution is -0.156. The van der Waals surface area contributed by atoms with Crippen LogP contribution < -0.4 is 5.32 Å². The number of methoxy groups -OCH3 is 1. The van der Waals surface area contributed by atoms with Crippen LogP contribution in [0.1, 0.15) is 48.7 Å². The van der Waals surface area contributed by atoms with Crippen LogP contribution in [0.5, 0.6) is 0 Å². The molecule has 0 fully saturated rings. The van der Waals surface area contributed by atoms with E-state index in [0.717, 1.165) is 17.0 Å². The number of halogens is 1. The van der Waals surface area contributed by atoms with E-state index >= 15 is 4.39 Å².